The second kappa shape index (κ2) is 11.9. The van der Waals surface area contributed by atoms with Crippen LogP contribution in [0, 0.1) is 41.4 Å². The van der Waals surface area contributed by atoms with Crippen molar-refractivity contribution in [1.82, 2.24) is 0 Å². The Labute approximate surface area is 199 Å². The molecular formula is C28H42O5. The number of ether oxygens (including phenoxy) is 1. The third-order valence-electron chi connectivity index (χ3n) is 7.91. The number of hydrogen-bond acceptors (Lipinski definition) is 5. The Morgan fingerprint density at radius 2 is 1.39 bits per heavy atom. The van der Waals surface area contributed by atoms with E-state index in [1.165, 1.54) is 0 Å². The zero-order chi connectivity index (χ0) is 24.9. The van der Waals surface area contributed by atoms with Crippen molar-refractivity contribution in [1.29, 1.82) is 0 Å². The summed E-state index contributed by atoms with van der Waals surface area (Å²) < 4.78 is 5.85. The molecular weight excluding hydrogens is 416 g/mol. The molecule has 1 fully saturated rings. The van der Waals surface area contributed by atoms with E-state index < -0.39 is 42.0 Å². The number of aliphatic hydroxyl groups excluding tert-OH is 2. The van der Waals surface area contributed by atoms with E-state index in [9.17, 15) is 19.8 Å². The first kappa shape index (κ1) is 27.3. The van der Waals surface area contributed by atoms with Gasteiger partial charge in [-0.15, -0.1) is 0 Å². The van der Waals surface area contributed by atoms with E-state index in [1.54, 1.807) is 26.8 Å². The quantitative estimate of drug-likeness (QED) is 0.625. The van der Waals surface area contributed by atoms with E-state index in [4.69, 9.17) is 4.74 Å². The third-order valence-corrected chi connectivity index (χ3v) is 7.91. The van der Waals surface area contributed by atoms with Gasteiger partial charge in [0.2, 0.25) is 0 Å². The maximum Gasteiger partial charge on any atom is 0.311 e. The summed E-state index contributed by atoms with van der Waals surface area (Å²) in [5, 5.41) is 22.0. The fourth-order valence-electron chi connectivity index (χ4n) is 4.91. The van der Waals surface area contributed by atoms with Crippen molar-refractivity contribution >= 4 is 17.8 Å². The van der Waals surface area contributed by atoms with E-state index in [1.807, 2.05) is 50.3 Å². The van der Waals surface area contributed by atoms with E-state index in [-0.39, 0.29) is 29.5 Å². The first-order valence-corrected chi connectivity index (χ1v) is 12.3. The maximum atomic E-state index is 13.1. The van der Waals surface area contributed by atoms with Crippen LogP contribution in [0.4, 0.5) is 0 Å². The monoisotopic (exact) mass is 458 g/mol. The van der Waals surface area contributed by atoms with Gasteiger partial charge in [-0.25, -0.2) is 0 Å². The number of hydrogen-bond donors (Lipinski definition) is 2. The first-order chi connectivity index (χ1) is 15.5. The molecule has 184 valence electrons. The minimum absolute atomic E-state index is 0.0177. The number of cyclic esters (lactones) is 1. The predicted molar refractivity (Wildman–Crippen MR) is 131 cm³/mol. The molecule has 0 saturated carbocycles. The molecule has 1 heterocycles. The smallest absolute Gasteiger partial charge is 0.311 e. The number of carbonyl (C=O) groups is 2. The van der Waals surface area contributed by atoms with Crippen LogP contribution in [-0.4, -0.2) is 40.3 Å². The lowest BCUT2D eigenvalue weighted by molar-refractivity contribution is -0.161. The number of Topliss-reactive ketones (excluding diaryl/α,β-unsaturated/α-hetero) is 1. The second-order valence-electron chi connectivity index (χ2n) is 10.3. The van der Waals surface area contributed by atoms with Crippen molar-refractivity contribution in [2.24, 2.45) is 41.4 Å². The normalized spacial score (nSPS) is 39.8. The molecule has 0 spiro atoms. The molecule has 33 heavy (non-hydrogen) atoms. The van der Waals surface area contributed by atoms with Crippen molar-refractivity contribution in [2.45, 2.75) is 73.2 Å². The van der Waals surface area contributed by atoms with E-state index >= 15 is 0 Å². The minimum atomic E-state index is -0.965. The Morgan fingerprint density at radius 3 is 2.00 bits per heavy atom. The van der Waals surface area contributed by atoms with Crippen molar-refractivity contribution in [3.63, 3.8) is 0 Å². The maximum absolute atomic E-state index is 13.1. The molecule has 5 nitrogen and oxygen atoms in total. The third kappa shape index (κ3) is 6.77. The predicted octanol–water partition coefficient (Wildman–Crippen LogP) is 4.76. The van der Waals surface area contributed by atoms with Crippen LogP contribution in [0.5, 0.6) is 0 Å². The van der Waals surface area contributed by atoms with Gasteiger partial charge >= 0.3 is 5.97 Å². The molecule has 0 unspecified atom stereocenters. The van der Waals surface area contributed by atoms with Gasteiger partial charge in [0.1, 0.15) is 11.9 Å². The summed E-state index contributed by atoms with van der Waals surface area (Å²) in [5.41, 5.74) is 0.942. The summed E-state index contributed by atoms with van der Waals surface area (Å²) in [5.74, 6) is -2.30. The molecule has 10 atom stereocenters. The molecule has 1 aliphatic heterocycles. The van der Waals surface area contributed by atoms with Gasteiger partial charge in [-0.1, -0.05) is 78.0 Å². The first-order valence-electron chi connectivity index (χ1n) is 12.3. The highest BCUT2D eigenvalue weighted by Gasteiger charge is 2.39. The molecule has 1 aromatic rings. The lowest BCUT2D eigenvalue weighted by Gasteiger charge is -2.36. The van der Waals surface area contributed by atoms with Crippen molar-refractivity contribution < 1.29 is 24.5 Å². The van der Waals surface area contributed by atoms with Gasteiger partial charge in [-0.05, 0) is 42.7 Å². The molecule has 5 heteroatoms. The van der Waals surface area contributed by atoms with Crippen LogP contribution in [-0.2, 0) is 14.3 Å². The molecule has 2 rings (SSSR count). The standard InChI is InChI=1S/C28H42O5/c1-16-15-17(2)25(29)21(6)27(31)20(5)24(14-13-23-11-9-8-10-12-23)33-28(32)22(7)26(30)19(4)18(16)3/h8-14,16-22,24,26-27,30-31H,15H2,1-7H3/b14-13+/t16-,17+,18-,19+,20-,21-,22+,24+,26-,27-/m0/s1. The minimum Gasteiger partial charge on any atom is -0.457 e. The number of carbonyl (C=O) groups excluding carboxylic acids is 2. The Kier molecular flexibility index (Phi) is 9.86. The second-order valence-corrected chi connectivity index (χ2v) is 10.3. The van der Waals surface area contributed by atoms with Crippen molar-refractivity contribution in [2.75, 3.05) is 0 Å². The average Bonchev–Trinajstić information content (AvgIpc) is 2.82. The largest absolute Gasteiger partial charge is 0.457 e. The molecule has 2 N–H and O–H groups in total. The van der Waals surface area contributed by atoms with Crippen LogP contribution in [0.25, 0.3) is 6.08 Å². The highest BCUT2D eigenvalue weighted by Crippen LogP contribution is 2.33. The summed E-state index contributed by atoms with van der Waals surface area (Å²) >= 11 is 0. The topological polar surface area (TPSA) is 83.8 Å². The number of esters is 1. The van der Waals surface area contributed by atoms with Crippen LogP contribution < -0.4 is 0 Å². The number of rotatable bonds is 2. The van der Waals surface area contributed by atoms with Gasteiger partial charge in [0.15, 0.2) is 0 Å². The lowest BCUT2D eigenvalue weighted by Crippen LogP contribution is -2.43. The molecule has 1 saturated heterocycles. The van der Waals surface area contributed by atoms with Crippen LogP contribution in [0.15, 0.2) is 36.4 Å². The summed E-state index contributed by atoms with van der Waals surface area (Å²) in [4.78, 5) is 26.2. The zero-order valence-electron chi connectivity index (χ0n) is 21.1. The van der Waals surface area contributed by atoms with Gasteiger partial charge in [-0.2, -0.15) is 0 Å². The summed E-state index contributed by atoms with van der Waals surface area (Å²) in [6, 6.07) is 9.63. The van der Waals surface area contributed by atoms with Crippen LogP contribution in [0.1, 0.15) is 60.5 Å². The fraction of sp³-hybridized carbons (Fsp3) is 0.643. The number of aliphatic hydroxyl groups is 2. The molecule has 0 radical (unpaired) electrons. The van der Waals surface area contributed by atoms with Gasteiger partial charge in [0, 0.05) is 17.8 Å². The van der Waals surface area contributed by atoms with Crippen molar-refractivity contribution in [3.8, 4) is 0 Å². The summed E-state index contributed by atoms with van der Waals surface area (Å²) in [7, 11) is 0. The Balaban J connectivity index is 2.41. The van der Waals surface area contributed by atoms with Gasteiger partial charge in [0.05, 0.1) is 18.1 Å². The highest BCUT2D eigenvalue weighted by molar-refractivity contribution is 5.83. The SMILES string of the molecule is C[C@@H]1[C@@H](C)[C@@H](C)C[C@@H](C)C(=O)[C@H](C)[C@@H](O)[C@@H](C)[C@@H](/C=C/c2ccccc2)OC(=O)[C@H](C)[C@H]1O. The van der Waals surface area contributed by atoms with Crippen LogP contribution >= 0.6 is 0 Å². The lowest BCUT2D eigenvalue weighted by atomic mass is 9.73. The van der Waals surface area contributed by atoms with E-state index in [0.29, 0.717) is 6.42 Å². The molecule has 0 amide bonds. The van der Waals surface area contributed by atoms with Gasteiger partial charge in [-0.3, -0.25) is 9.59 Å². The van der Waals surface area contributed by atoms with E-state index in [0.717, 1.165) is 5.56 Å². The number of ketones is 1. The Bertz CT molecular complexity index is 804. The molecule has 0 aliphatic carbocycles. The fourth-order valence-corrected chi connectivity index (χ4v) is 4.91. The summed E-state index contributed by atoms with van der Waals surface area (Å²) in [6.45, 7) is 13.3. The van der Waals surface area contributed by atoms with Crippen LogP contribution in [0.2, 0.25) is 0 Å². The Morgan fingerprint density at radius 1 is 0.818 bits per heavy atom. The Hall–Kier alpha value is -1.98. The molecule has 0 aromatic heterocycles. The molecule has 1 aliphatic rings. The number of benzene rings is 1. The molecule has 0 bridgehead atoms. The van der Waals surface area contributed by atoms with Crippen molar-refractivity contribution in [3.05, 3.63) is 42.0 Å². The molecule has 1 aromatic carbocycles. The summed E-state index contributed by atoms with van der Waals surface area (Å²) in [6.07, 6.45) is 1.74. The van der Waals surface area contributed by atoms with E-state index in [2.05, 4.69) is 13.8 Å². The van der Waals surface area contributed by atoms with Gasteiger partial charge < -0.3 is 14.9 Å². The highest BCUT2D eigenvalue weighted by atomic mass is 16.5. The average molecular weight is 459 g/mol. The van der Waals surface area contributed by atoms with Crippen LogP contribution in [0.3, 0.4) is 0 Å². The zero-order valence-corrected chi connectivity index (χ0v) is 21.1. The van der Waals surface area contributed by atoms with Gasteiger partial charge in [0.25, 0.3) is 0 Å².